The molecule has 0 saturated carbocycles. The van der Waals surface area contributed by atoms with Crippen molar-refractivity contribution >= 4 is 6.29 Å². The molecule has 0 aliphatic rings. The lowest BCUT2D eigenvalue weighted by Crippen LogP contribution is -2.27. The number of hydrogen-bond acceptors (Lipinski definition) is 5. The summed E-state index contributed by atoms with van der Waals surface area (Å²) in [5.41, 5.74) is 6.01. The average molecular weight is 225 g/mol. The Hall–Kier alpha value is -1.43. The van der Waals surface area contributed by atoms with E-state index in [0.29, 0.717) is 23.2 Å². The number of nitrogens with two attached hydrogens (primary N) is 1. The molecule has 1 aromatic carbocycles. The number of hydrogen-bond donors (Lipinski definition) is 3. The van der Waals surface area contributed by atoms with E-state index >= 15 is 0 Å². The third-order valence-corrected chi connectivity index (χ3v) is 2.31. The fourth-order valence-corrected chi connectivity index (χ4v) is 1.39. The second kappa shape index (κ2) is 5.60. The molecule has 0 aliphatic heterocycles. The van der Waals surface area contributed by atoms with Gasteiger partial charge >= 0.3 is 0 Å². The molecular formula is C11H15NO4. The number of methoxy groups -OCH3 is 1. The zero-order valence-corrected chi connectivity index (χ0v) is 8.96. The Bertz CT molecular complexity index is 367. The van der Waals surface area contributed by atoms with Crippen LogP contribution < -0.4 is 10.5 Å². The molecule has 0 aromatic heterocycles. The molecule has 2 atom stereocenters. The maximum atomic E-state index is 10.6. The minimum Gasteiger partial charge on any atom is -0.496 e. The lowest BCUT2D eigenvalue weighted by molar-refractivity contribution is 0.0229. The predicted octanol–water partition coefficient (Wildman–Crippen LogP) is -0.139. The number of aliphatic hydroxyl groups excluding tert-OH is 2. The number of carbonyl (C=O) groups is 1. The van der Waals surface area contributed by atoms with Gasteiger partial charge in [-0.2, -0.15) is 0 Å². The summed E-state index contributed by atoms with van der Waals surface area (Å²) in [6.07, 6.45) is -1.60. The SMILES string of the molecule is COc1ccc(C=O)cc1C(O)C(O)CN. The second-order valence-electron chi connectivity index (χ2n) is 3.37. The summed E-state index contributed by atoms with van der Waals surface area (Å²) in [5, 5.41) is 19.2. The minimum atomic E-state index is -1.17. The lowest BCUT2D eigenvalue weighted by Gasteiger charge is -2.19. The van der Waals surface area contributed by atoms with Gasteiger partial charge in [0, 0.05) is 17.7 Å². The molecule has 4 N–H and O–H groups in total. The Morgan fingerprint density at radius 2 is 2.19 bits per heavy atom. The molecule has 5 nitrogen and oxygen atoms in total. The summed E-state index contributed by atoms with van der Waals surface area (Å²) >= 11 is 0. The summed E-state index contributed by atoms with van der Waals surface area (Å²) in [6.45, 7) is -0.0738. The summed E-state index contributed by atoms with van der Waals surface area (Å²) in [6, 6.07) is 4.60. The van der Waals surface area contributed by atoms with Gasteiger partial charge in [-0.25, -0.2) is 0 Å². The summed E-state index contributed by atoms with van der Waals surface area (Å²) < 4.78 is 5.03. The molecule has 2 unspecified atom stereocenters. The lowest BCUT2D eigenvalue weighted by atomic mass is 10.0. The van der Waals surface area contributed by atoms with E-state index in [9.17, 15) is 15.0 Å². The molecule has 0 aliphatic carbocycles. The quantitative estimate of drug-likeness (QED) is 0.606. The van der Waals surface area contributed by atoms with Crippen LogP contribution in [0.15, 0.2) is 18.2 Å². The summed E-state index contributed by atoms with van der Waals surface area (Å²) in [4.78, 5) is 10.6. The molecular weight excluding hydrogens is 210 g/mol. The van der Waals surface area contributed by atoms with Crippen LogP contribution in [0.2, 0.25) is 0 Å². The first-order valence-corrected chi connectivity index (χ1v) is 4.83. The highest BCUT2D eigenvalue weighted by Crippen LogP contribution is 2.27. The van der Waals surface area contributed by atoms with Crippen LogP contribution in [-0.2, 0) is 0 Å². The Balaban J connectivity index is 3.12. The number of ether oxygens (including phenoxy) is 1. The molecule has 0 spiro atoms. The molecule has 0 radical (unpaired) electrons. The van der Waals surface area contributed by atoms with Gasteiger partial charge in [-0.3, -0.25) is 4.79 Å². The van der Waals surface area contributed by atoms with Crippen LogP contribution in [0.3, 0.4) is 0 Å². The normalized spacial score (nSPS) is 14.2. The highest BCUT2D eigenvalue weighted by atomic mass is 16.5. The van der Waals surface area contributed by atoms with Gasteiger partial charge in [0.15, 0.2) is 0 Å². The van der Waals surface area contributed by atoms with Gasteiger partial charge < -0.3 is 20.7 Å². The smallest absolute Gasteiger partial charge is 0.150 e. The fourth-order valence-electron chi connectivity index (χ4n) is 1.39. The average Bonchev–Trinajstić information content (AvgIpc) is 2.35. The summed E-state index contributed by atoms with van der Waals surface area (Å²) in [5.74, 6) is 0.408. The van der Waals surface area contributed by atoms with Gasteiger partial charge in [-0.15, -0.1) is 0 Å². The van der Waals surface area contributed by atoms with Crippen LogP contribution in [0.4, 0.5) is 0 Å². The van der Waals surface area contributed by atoms with Crippen molar-refractivity contribution in [2.24, 2.45) is 5.73 Å². The van der Waals surface area contributed by atoms with Gasteiger partial charge in [-0.05, 0) is 18.2 Å². The molecule has 88 valence electrons. The van der Waals surface area contributed by atoms with Crippen LogP contribution in [0.5, 0.6) is 5.75 Å². The standard InChI is InChI=1S/C11H15NO4/c1-16-10-3-2-7(6-13)4-8(10)11(15)9(14)5-12/h2-4,6,9,11,14-15H,5,12H2,1H3. The van der Waals surface area contributed by atoms with Crippen molar-refractivity contribution in [3.63, 3.8) is 0 Å². The zero-order valence-electron chi connectivity index (χ0n) is 8.96. The minimum absolute atomic E-state index is 0.0738. The van der Waals surface area contributed by atoms with E-state index in [4.69, 9.17) is 10.5 Å². The second-order valence-corrected chi connectivity index (χ2v) is 3.37. The van der Waals surface area contributed by atoms with E-state index in [1.807, 2.05) is 0 Å². The number of carbonyl (C=O) groups excluding carboxylic acids is 1. The molecule has 16 heavy (non-hydrogen) atoms. The van der Waals surface area contributed by atoms with Crippen LogP contribution >= 0.6 is 0 Å². The van der Waals surface area contributed by atoms with Crippen molar-refractivity contribution < 1.29 is 19.7 Å². The number of benzene rings is 1. The summed E-state index contributed by atoms with van der Waals surface area (Å²) in [7, 11) is 1.45. The molecule has 0 saturated heterocycles. The number of aldehydes is 1. The monoisotopic (exact) mass is 225 g/mol. The maximum absolute atomic E-state index is 10.6. The van der Waals surface area contributed by atoms with E-state index < -0.39 is 12.2 Å². The predicted molar refractivity (Wildman–Crippen MR) is 58.4 cm³/mol. The first kappa shape index (κ1) is 12.6. The number of aliphatic hydroxyl groups is 2. The van der Waals surface area contributed by atoms with E-state index in [1.54, 1.807) is 12.1 Å². The zero-order chi connectivity index (χ0) is 12.1. The topological polar surface area (TPSA) is 92.8 Å². The van der Waals surface area contributed by atoms with E-state index in [2.05, 4.69) is 0 Å². The van der Waals surface area contributed by atoms with E-state index in [-0.39, 0.29) is 6.54 Å². The largest absolute Gasteiger partial charge is 0.496 e. The van der Waals surface area contributed by atoms with Crippen LogP contribution in [0.25, 0.3) is 0 Å². The molecule has 5 heteroatoms. The van der Waals surface area contributed by atoms with Crippen LogP contribution in [-0.4, -0.2) is 36.3 Å². The molecule has 0 heterocycles. The van der Waals surface area contributed by atoms with Crippen molar-refractivity contribution in [2.75, 3.05) is 13.7 Å². The fraction of sp³-hybridized carbons (Fsp3) is 0.364. The maximum Gasteiger partial charge on any atom is 0.150 e. The third kappa shape index (κ3) is 2.57. The highest BCUT2D eigenvalue weighted by molar-refractivity contribution is 5.75. The van der Waals surface area contributed by atoms with Gasteiger partial charge in [-0.1, -0.05) is 0 Å². The first-order chi connectivity index (χ1) is 7.63. The molecule has 0 amide bonds. The van der Waals surface area contributed by atoms with Gasteiger partial charge in [0.05, 0.1) is 13.2 Å². The highest BCUT2D eigenvalue weighted by Gasteiger charge is 2.20. The Morgan fingerprint density at radius 1 is 1.50 bits per heavy atom. The van der Waals surface area contributed by atoms with E-state index in [1.165, 1.54) is 13.2 Å². The van der Waals surface area contributed by atoms with E-state index in [0.717, 1.165) is 0 Å². The third-order valence-electron chi connectivity index (χ3n) is 2.31. The van der Waals surface area contributed by atoms with Gasteiger partial charge in [0.1, 0.15) is 18.1 Å². The van der Waals surface area contributed by atoms with Crippen molar-refractivity contribution in [1.82, 2.24) is 0 Å². The first-order valence-electron chi connectivity index (χ1n) is 4.83. The molecule has 0 bridgehead atoms. The number of rotatable bonds is 5. The van der Waals surface area contributed by atoms with Gasteiger partial charge in [0.25, 0.3) is 0 Å². The Morgan fingerprint density at radius 3 is 2.69 bits per heavy atom. The van der Waals surface area contributed by atoms with Crippen molar-refractivity contribution in [2.45, 2.75) is 12.2 Å². The van der Waals surface area contributed by atoms with Crippen molar-refractivity contribution in [1.29, 1.82) is 0 Å². The van der Waals surface area contributed by atoms with Crippen LogP contribution in [0.1, 0.15) is 22.0 Å². The van der Waals surface area contributed by atoms with Crippen molar-refractivity contribution in [3.8, 4) is 5.75 Å². The Kier molecular flexibility index (Phi) is 4.42. The molecule has 1 aromatic rings. The van der Waals surface area contributed by atoms with Gasteiger partial charge in [0.2, 0.25) is 0 Å². The Labute approximate surface area is 93.5 Å². The molecule has 1 rings (SSSR count). The molecule has 0 fully saturated rings. The van der Waals surface area contributed by atoms with Crippen molar-refractivity contribution in [3.05, 3.63) is 29.3 Å². The van der Waals surface area contributed by atoms with Crippen LogP contribution in [0, 0.1) is 0 Å².